The second kappa shape index (κ2) is 11.0. The van der Waals surface area contributed by atoms with Gasteiger partial charge in [0, 0.05) is 43.2 Å². The van der Waals surface area contributed by atoms with Crippen LogP contribution in [0, 0.1) is 17.6 Å². The molecule has 3 N–H and O–H groups in total. The number of hydrazine groups is 1. The average molecular weight is 579 g/mol. The van der Waals surface area contributed by atoms with Gasteiger partial charge in [0.1, 0.15) is 28.2 Å². The van der Waals surface area contributed by atoms with Crippen LogP contribution in [0.5, 0.6) is 0 Å². The fraction of sp³-hybridized carbons (Fsp3) is 0.250. The van der Waals surface area contributed by atoms with Crippen LogP contribution in [0.1, 0.15) is 18.4 Å². The first-order chi connectivity index (χ1) is 17.2. The molecule has 2 aromatic rings. The molecule has 2 aliphatic rings. The number of rotatable bonds is 6. The molecule has 1 aromatic carbocycles. The number of benzene rings is 1. The van der Waals surface area contributed by atoms with E-state index >= 15 is 0 Å². The van der Waals surface area contributed by atoms with Crippen LogP contribution in [0.15, 0.2) is 87.3 Å². The lowest BCUT2D eigenvalue weighted by atomic mass is 9.94. The van der Waals surface area contributed by atoms with Crippen molar-refractivity contribution in [2.75, 3.05) is 13.1 Å². The second-order valence-corrected chi connectivity index (χ2v) is 11.1. The minimum atomic E-state index is -4.24. The molecule has 1 unspecified atom stereocenters. The molecule has 0 bridgehead atoms. The van der Waals surface area contributed by atoms with Gasteiger partial charge in [-0.15, -0.1) is 0 Å². The number of nitrogens with zero attached hydrogens (tertiary/aromatic N) is 4. The Morgan fingerprint density at radius 2 is 2.17 bits per heavy atom. The number of halogens is 3. The third-order valence-electron chi connectivity index (χ3n) is 5.92. The van der Waals surface area contributed by atoms with Gasteiger partial charge in [-0.2, -0.15) is 4.31 Å². The Morgan fingerprint density at radius 3 is 2.89 bits per heavy atom. The predicted octanol–water partition coefficient (Wildman–Crippen LogP) is 3.77. The van der Waals surface area contributed by atoms with Gasteiger partial charge in [-0.3, -0.25) is 9.98 Å². The molecular formula is C24H25BrF2N6O2S. The van der Waals surface area contributed by atoms with Crippen molar-refractivity contribution in [3.05, 3.63) is 94.7 Å². The molecule has 0 aliphatic carbocycles. The van der Waals surface area contributed by atoms with Crippen molar-refractivity contribution in [1.29, 1.82) is 0 Å². The Kier molecular flexibility index (Phi) is 7.98. The lowest BCUT2D eigenvalue weighted by molar-refractivity contribution is 0.281. The van der Waals surface area contributed by atoms with Gasteiger partial charge in [-0.05, 0) is 58.6 Å². The Bertz CT molecular complexity index is 1350. The molecule has 1 saturated heterocycles. The third-order valence-corrected chi connectivity index (χ3v) is 8.50. The zero-order valence-corrected chi connectivity index (χ0v) is 21.6. The van der Waals surface area contributed by atoms with E-state index in [1.165, 1.54) is 9.31 Å². The largest absolute Gasteiger partial charge is 0.343 e. The zero-order chi connectivity index (χ0) is 25.9. The summed E-state index contributed by atoms with van der Waals surface area (Å²) in [5.74, 6) is 5.20. The topological polar surface area (TPSA) is 104 Å². The van der Waals surface area contributed by atoms with Crippen molar-refractivity contribution in [1.82, 2.24) is 19.6 Å². The van der Waals surface area contributed by atoms with Crippen LogP contribution in [0.4, 0.5) is 8.78 Å². The van der Waals surface area contributed by atoms with Gasteiger partial charge >= 0.3 is 0 Å². The minimum absolute atomic E-state index is 0.0799. The van der Waals surface area contributed by atoms with E-state index in [1.807, 2.05) is 12.1 Å². The third kappa shape index (κ3) is 5.56. The molecule has 12 heteroatoms. The number of pyridine rings is 1. The number of allylic oxidation sites excluding steroid dienone is 2. The van der Waals surface area contributed by atoms with E-state index in [4.69, 9.17) is 5.84 Å². The predicted molar refractivity (Wildman–Crippen MR) is 137 cm³/mol. The fourth-order valence-electron chi connectivity index (χ4n) is 4.06. The molecule has 0 spiro atoms. The molecule has 3 heterocycles. The summed E-state index contributed by atoms with van der Waals surface area (Å²) in [6.45, 7) is 4.39. The van der Waals surface area contributed by atoms with E-state index in [-0.39, 0.29) is 19.0 Å². The van der Waals surface area contributed by atoms with Gasteiger partial charge in [0.05, 0.1) is 11.0 Å². The summed E-state index contributed by atoms with van der Waals surface area (Å²) in [6.07, 6.45) is 7.95. The molecule has 1 atom stereocenters. The molecule has 8 nitrogen and oxygen atoms in total. The quantitative estimate of drug-likeness (QED) is 0.506. The van der Waals surface area contributed by atoms with Crippen LogP contribution in [-0.2, 0) is 16.6 Å². The molecule has 4 rings (SSSR count). The molecule has 2 aliphatic heterocycles. The van der Waals surface area contributed by atoms with Crippen molar-refractivity contribution < 1.29 is 17.2 Å². The smallest absolute Gasteiger partial charge is 0.246 e. The van der Waals surface area contributed by atoms with Crippen LogP contribution in [0.2, 0.25) is 0 Å². The fourth-order valence-corrected chi connectivity index (χ4v) is 5.95. The normalized spacial score (nSPS) is 21.7. The summed E-state index contributed by atoms with van der Waals surface area (Å²) in [4.78, 5) is 8.06. The van der Waals surface area contributed by atoms with Crippen molar-refractivity contribution >= 4 is 31.8 Å². The van der Waals surface area contributed by atoms with Crippen LogP contribution >= 0.6 is 15.9 Å². The Morgan fingerprint density at radius 1 is 1.36 bits per heavy atom. The first-order valence-electron chi connectivity index (χ1n) is 11.1. The van der Waals surface area contributed by atoms with Crippen molar-refractivity contribution in [2.24, 2.45) is 16.8 Å². The van der Waals surface area contributed by atoms with Gasteiger partial charge in [0.25, 0.3) is 0 Å². The maximum absolute atomic E-state index is 14.3. The maximum Gasteiger partial charge on any atom is 0.246 e. The SMILES string of the molecule is C=C/C(Br)=C1/NC(C2CCCN(S(=O)(=O)c3cc(F)ccc3F)C2)=CC(=NCc2cccnc2)N1N. The molecular weight excluding hydrogens is 554 g/mol. The summed E-state index contributed by atoms with van der Waals surface area (Å²) in [5, 5.41) is 4.64. The van der Waals surface area contributed by atoms with Gasteiger partial charge in [0.2, 0.25) is 10.0 Å². The highest BCUT2D eigenvalue weighted by atomic mass is 79.9. The summed E-state index contributed by atoms with van der Waals surface area (Å²) < 4.78 is 56.2. The van der Waals surface area contributed by atoms with E-state index in [0.29, 0.717) is 47.3 Å². The molecule has 190 valence electrons. The molecule has 0 radical (unpaired) electrons. The number of hydrogen-bond donors (Lipinski definition) is 2. The Labute approximate surface area is 217 Å². The number of aromatic nitrogens is 1. The Balaban J connectivity index is 1.65. The standard InChI is InChI=1S/C24H25BrF2N6O2S/c1-2-19(25)24-31-21(12-23(33(24)28)30-14-16-5-3-9-29-13-16)17-6-4-10-32(15-17)36(34,35)22-11-18(26)7-8-20(22)27/h2-3,5,7-9,11-13,17,31H,1,4,6,10,14-15,28H2/b24-19+,30-23?. The van der Waals surface area contributed by atoms with Crippen LogP contribution in [-0.4, -0.2) is 41.6 Å². The highest BCUT2D eigenvalue weighted by Gasteiger charge is 2.35. The van der Waals surface area contributed by atoms with Crippen LogP contribution < -0.4 is 11.2 Å². The highest BCUT2D eigenvalue weighted by Crippen LogP contribution is 2.31. The molecule has 1 aromatic heterocycles. The second-order valence-electron chi connectivity index (χ2n) is 8.31. The summed E-state index contributed by atoms with van der Waals surface area (Å²) >= 11 is 3.44. The number of piperidine rings is 1. The number of hydrogen-bond acceptors (Lipinski definition) is 6. The van der Waals surface area contributed by atoms with Gasteiger partial charge in [-0.25, -0.2) is 28.1 Å². The van der Waals surface area contributed by atoms with Crippen LogP contribution in [0.3, 0.4) is 0 Å². The lowest BCUT2D eigenvalue weighted by Crippen LogP contribution is -2.49. The molecule has 0 saturated carbocycles. The van der Waals surface area contributed by atoms with E-state index in [1.54, 1.807) is 24.5 Å². The molecule has 36 heavy (non-hydrogen) atoms. The van der Waals surface area contributed by atoms with E-state index in [2.05, 4.69) is 37.8 Å². The first kappa shape index (κ1) is 26.1. The number of aliphatic imine (C=N–C) groups is 1. The molecule has 1 fully saturated rings. The van der Waals surface area contributed by atoms with Crippen molar-refractivity contribution in [2.45, 2.75) is 24.3 Å². The number of amidine groups is 1. The van der Waals surface area contributed by atoms with E-state index < -0.39 is 26.6 Å². The summed E-state index contributed by atoms with van der Waals surface area (Å²) in [6, 6.07) is 6.14. The van der Waals surface area contributed by atoms with E-state index in [0.717, 1.165) is 17.7 Å². The van der Waals surface area contributed by atoms with Crippen LogP contribution in [0.25, 0.3) is 0 Å². The average Bonchev–Trinajstić information content (AvgIpc) is 2.89. The monoisotopic (exact) mass is 578 g/mol. The van der Waals surface area contributed by atoms with Gasteiger partial charge in [-0.1, -0.05) is 18.7 Å². The van der Waals surface area contributed by atoms with Crippen molar-refractivity contribution in [3.63, 3.8) is 0 Å². The maximum atomic E-state index is 14.3. The van der Waals surface area contributed by atoms with Gasteiger partial charge in [0.15, 0.2) is 0 Å². The number of sulfonamides is 1. The summed E-state index contributed by atoms with van der Waals surface area (Å²) in [5.41, 5.74) is 1.60. The van der Waals surface area contributed by atoms with E-state index in [9.17, 15) is 17.2 Å². The van der Waals surface area contributed by atoms with Gasteiger partial charge < -0.3 is 5.32 Å². The van der Waals surface area contributed by atoms with Crippen molar-refractivity contribution in [3.8, 4) is 0 Å². The summed E-state index contributed by atoms with van der Waals surface area (Å²) in [7, 11) is -4.24. The zero-order valence-electron chi connectivity index (χ0n) is 19.2. The Hall–Kier alpha value is -2.93. The highest BCUT2D eigenvalue weighted by molar-refractivity contribution is 9.11. The number of nitrogens with two attached hydrogens (primary N) is 1. The first-order valence-corrected chi connectivity index (χ1v) is 13.4. The molecule has 0 amide bonds. The number of nitrogens with one attached hydrogen (secondary N) is 1. The minimum Gasteiger partial charge on any atom is -0.343 e. The lowest BCUT2D eigenvalue weighted by Gasteiger charge is -2.37.